The third-order valence-electron chi connectivity index (χ3n) is 2.79. The number of hydrogen-bond donors (Lipinski definition) is 0. The average Bonchev–Trinajstić information content (AvgIpc) is 2.15. The maximum Gasteiger partial charge on any atom is 0.313 e. The zero-order valence-electron chi connectivity index (χ0n) is 8.87. The Labute approximate surface area is 84.1 Å². The Morgan fingerprint density at radius 3 is 2.79 bits per heavy atom. The van der Waals surface area contributed by atoms with E-state index in [2.05, 4.69) is 0 Å². The third kappa shape index (κ3) is 2.03. The molecule has 3 nitrogen and oxygen atoms in total. The van der Waals surface area contributed by atoms with Crippen LogP contribution in [0.25, 0.3) is 0 Å². The van der Waals surface area contributed by atoms with Crippen LogP contribution in [0, 0.1) is 11.8 Å². The fourth-order valence-corrected chi connectivity index (χ4v) is 2.04. The highest BCUT2D eigenvalue weighted by Gasteiger charge is 2.34. The van der Waals surface area contributed by atoms with Crippen molar-refractivity contribution in [3.8, 4) is 0 Å². The summed E-state index contributed by atoms with van der Waals surface area (Å²) >= 11 is 0. The minimum absolute atomic E-state index is 0.111. The van der Waals surface area contributed by atoms with Crippen LogP contribution < -0.4 is 0 Å². The Morgan fingerprint density at radius 1 is 1.64 bits per heavy atom. The van der Waals surface area contributed by atoms with Gasteiger partial charge in [0.2, 0.25) is 0 Å². The van der Waals surface area contributed by atoms with E-state index in [9.17, 15) is 9.59 Å². The van der Waals surface area contributed by atoms with Gasteiger partial charge in [-0.2, -0.15) is 0 Å². The standard InChI is InChI=1S/C11H16O3/c1-4-8-6-9(12)5-7(2)10(8)11(13)14-3/h5,8,10H,4,6H2,1-3H3/t8-,10+/m0/s1. The molecule has 14 heavy (non-hydrogen) atoms. The Kier molecular flexibility index (Phi) is 3.44. The lowest BCUT2D eigenvalue weighted by Gasteiger charge is -2.27. The van der Waals surface area contributed by atoms with E-state index in [0.29, 0.717) is 6.42 Å². The largest absolute Gasteiger partial charge is 0.469 e. The number of hydrogen-bond acceptors (Lipinski definition) is 3. The molecule has 3 heteroatoms. The van der Waals surface area contributed by atoms with Crippen molar-refractivity contribution in [2.45, 2.75) is 26.7 Å². The molecule has 1 aliphatic carbocycles. The molecule has 0 saturated carbocycles. The molecule has 1 rings (SSSR count). The van der Waals surface area contributed by atoms with Crippen LogP contribution in [0.2, 0.25) is 0 Å². The van der Waals surface area contributed by atoms with E-state index in [1.807, 2.05) is 13.8 Å². The van der Waals surface area contributed by atoms with Crippen molar-refractivity contribution >= 4 is 11.8 Å². The first-order valence-electron chi connectivity index (χ1n) is 4.89. The highest BCUT2D eigenvalue weighted by Crippen LogP contribution is 2.31. The smallest absolute Gasteiger partial charge is 0.313 e. The molecule has 0 N–H and O–H groups in total. The summed E-state index contributed by atoms with van der Waals surface area (Å²) in [6.45, 7) is 3.81. The zero-order chi connectivity index (χ0) is 10.7. The summed E-state index contributed by atoms with van der Waals surface area (Å²) < 4.78 is 4.74. The number of rotatable bonds is 2. The minimum atomic E-state index is -0.224. The van der Waals surface area contributed by atoms with E-state index >= 15 is 0 Å². The third-order valence-corrected chi connectivity index (χ3v) is 2.79. The Bertz CT molecular complexity index is 278. The number of carbonyl (C=O) groups is 2. The molecule has 0 aromatic carbocycles. The average molecular weight is 196 g/mol. The van der Waals surface area contributed by atoms with Gasteiger partial charge in [-0.05, 0) is 18.9 Å². The first-order chi connectivity index (χ1) is 6.60. The SMILES string of the molecule is CC[C@H]1CC(=O)C=C(C)[C@H]1C(=O)OC. The van der Waals surface area contributed by atoms with Gasteiger partial charge in [0.15, 0.2) is 5.78 Å². The molecular formula is C11H16O3. The van der Waals surface area contributed by atoms with Crippen molar-refractivity contribution in [1.29, 1.82) is 0 Å². The van der Waals surface area contributed by atoms with Crippen LogP contribution in [0.5, 0.6) is 0 Å². The van der Waals surface area contributed by atoms with Crippen molar-refractivity contribution in [2.75, 3.05) is 7.11 Å². The summed E-state index contributed by atoms with van der Waals surface area (Å²) in [5, 5.41) is 0. The molecule has 0 fully saturated rings. The number of ketones is 1. The maximum absolute atomic E-state index is 11.5. The minimum Gasteiger partial charge on any atom is -0.469 e. The van der Waals surface area contributed by atoms with Crippen LogP contribution in [0.15, 0.2) is 11.6 Å². The highest BCUT2D eigenvalue weighted by atomic mass is 16.5. The lowest BCUT2D eigenvalue weighted by molar-refractivity contribution is -0.146. The van der Waals surface area contributed by atoms with Gasteiger partial charge in [-0.3, -0.25) is 9.59 Å². The van der Waals surface area contributed by atoms with Crippen molar-refractivity contribution in [2.24, 2.45) is 11.8 Å². The molecular weight excluding hydrogens is 180 g/mol. The molecule has 2 atom stereocenters. The van der Waals surface area contributed by atoms with Gasteiger partial charge in [0.25, 0.3) is 0 Å². The second kappa shape index (κ2) is 4.40. The predicted molar refractivity (Wildman–Crippen MR) is 52.7 cm³/mol. The van der Waals surface area contributed by atoms with E-state index in [1.165, 1.54) is 7.11 Å². The number of ether oxygens (including phenoxy) is 1. The number of methoxy groups -OCH3 is 1. The van der Waals surface area contributed by atoms with E-state index < -0.39 is 0 Å². The molecule has 0 heterocycles. The first kappa shape index (κ1) is 11.0. The summed E-state index contributed by atoms with van der Waals surface area (Å²) in [6.07, 6.45) is 2.86. The van der Waals surface area contributed by atoms with Gasteiger partial charge in [-0.1, -0.05) is 18.9 Å². The van der Waals surface area contributed by atoms with Crippen LogP contribution >= 0.6 is 0 Å². The molecule has 1 aliphatic rings. The molecule has 0 amide bonds. The predicted octanol–water partition coefficient (Wildman–Crippen LogP) is 1.72. The van der Waals surface area contributed by atoms with Gasteiger partial charge in [0, 0.05) is 6.42 Å². The summed E-state index contributed by atoms with van der Waals surface area (Å²) in [5.74, 6) is -0.213. The number of esters is 1. The van der Waals surface area contributed by atoms with Gasteiger partial charge in [0.1, 0.15) is 0 Å². The molecule has 0 unspecified atom stereocenters. The number of carbonyl (C=O) groups excluding carboxylic acids is 2. The summed E-state index contributed by atoms with van der Waals surface area (Å²) in [5.41, 5.74) is 0.833. The van der Waals surface area contributed by atoms with Crippen LogP contribution in [-0.4, -0.2) is 18.9 Å². The van der Waals surface area contributed by atoms with Gasteiger partial charge in [-0.15, -0.1) is 0 Å². The molecule has 0 aliphatic heterocycles. The highest BCUT2D eigenvalue weighted by molar-refractivity contribution is 5.94. The molecule has 0 aromatic rings. The van der Waals surface area contributed by atoms with Crippen molar-refractivity contribution < 1.29 is 14.3 Å². The second-order valence-corrected chi connectivity index (χ2v) is 3.73. The molecule has 0 radical (unpaired) electrons. The molecule has 0 spiro atoms. The van der Waals surface area contributed by atoms with Crippen LogP contribution in [-0.2, 0) is 14.3 Å². The van der Waals surface area contributed by atoms with Crippen molar-refractivity contribution in [3.05, 3.63) is 11.6 Å². The maximum atomic E-state index is 11.5. The van der Waals surface area contributed by atoms with Gasteiger partial charge in [0.05, 0.1) is 13.0 Å². The fraction of sp³-hybridized carbons (Fsp3) is 0.636. The lowest BCUT2D eigenvalue weighted by atomic mass is 9.77. The fourth-order valence-electron chi connectivity index (χ4n) is 2.04. The molecule has 0 aromatic heterocycles. The van der Waals surface area contributed by atoms with Crippen molar-refractivity contribution in [3.63, 3.8) is 0 Å². The molecule has 78 valence electrons. The van der Waals surface area contributed by atoms with Crippen molar-refractivity contribution in [1.82, 2.24) is 0 Å². The van der Waals surface area contributed by atoms with Gasteiger partial charge < -0.3 is 4.74 Å². The lowest BCUT2D eigenvalue weighted by Crippen LogP contribution is -2.30. The topological polar surface area (TPSA) is 43.4 Å². The number of allylic oxidation sites excluding steroid dienone is 1. The first-order valence-corrected chi connectivity index (χ1v) is 4.89. The zero-order valence-corrected chi connectivity index (χ0v) is 8.87. The normalized spacial score (nSPS) is 27.1. The Morgan fingerprint density at radius 2 is 2.29 bits per heavy atom. The quantitative estimate of drug-likeness (QED) is 0.631. The van der Waals surface area contributed by atoms with Crippen LogP contribution in [0.3, 0.4) is 0 Å². The Balaban J connectivity index is 2.93. The summed E-state index contributed by atoms with van der Waals surface area (Å²) in [6, 6.07) is 0. The van der Waals surface area contributed by atoms with E-state index in [0.717, 1.165) is 12.0 Å². The monoisotopic (exact) mass is 196 g/mol. The van der Waals surface area contributed by atoms with Crippen LogP contribution in [0.4, 0.5) is 0 Å². The van der Waals surface area contributed by atoms with E-state index in [-0.39, 0.29) is 23.6 Å². The summed E-state index contributed by atoms with van der Waals surface area (Å²) in [4.78, 5) is 22.7. The van der Waals surface area contributed by atoms with Crippen LogP contribution in [0.1, 0.15) is 26.7 Å². The van der Waals surface area contributed by atoms with Gasteiger partial charge in [-0.25, -0.2) is 0 Å². The summed E-state index contributed by atoms with van der Waals surface area (Å²) in [7, 11) is 1.39. The second-order valence-electron chi connectivity index (χ2n) is 3.73. The molecule has 0 bridgehead atoms. The molecule has 0 saturated heterocycles. The van der Waals surface area contributed by atoms with E-state index in [1.54, 1.807) is 6.08 Å². The Hall–Kier alpha value is -1.12. The van der Waals surface area contributed by atoms with E-state index in [4.69, 9.17) is 4.74 Å². The van der Waals surface area contributed by atoms with Gasteiger partial charge >= 0.3 is 5.97 Å².